The van der Waals surface area contributed by atoms with E-state index < -0.39 is 224 Å². The minimum absolute atomic E-state index is 0.0215. The van der Waals surface area contributed by atoms with Gasteiger partial charge < -0.3 is 64.8 Å². The summed E-state index contributed by atoms with van der Waals surface area (Å²) >= 11 is 0. The summed E-state index contributed by atoms with van der Waals surface area (Å²) in [6.45, 7) is 2.65. The molecule has 1 spiro atoms. The van der Waals surface area contributed by atoms with Crippen LogP contribution in [0.1, 0.15) is 187 Å². The highest BCUT2D eigenvalue weighted by atomic mass is 19.4. The van der Waals surface area contributed by atoms with Crippen molar-refractivity contribution in [2.45, 2.75) is 266 Å². The molecule has 0 radical (unpaired) electrons. The first-order valence-corrected chi connectivity index (χ1v) is 39.3. The standard InChI is InChI=1S/C75H114F8N12O13/c1-44(2)37-55-64(99)85-62(47-19-15-20-47)70(105)88(4)43-60(98)89(5)54-21-11-14-31-95(69(54)104)57(40-45-23-26-49(27-24-45)74(78,79)80)67(102)87(3)42-58(96)84-52(28-25-46-38-50(76)61(51(77)39-46)75(81,82)83)66(101)94-32-16-22-53(94)65(100)86-73(29-12-13-30-73)72(107)92(8)63(48-17-9-10-18-48)71(106)91(7)56(41-59(97)90(55)6)68(103)93-33-35-108-36-34-93/h44-57,61-63H,9-43H2,1-8H3,(H,84,96)(H,85,99)(H,86,100)/t45?,46?,49?,50?,51?,52-,53-,54-,55-,56-,57-,61?,62-,63-/m0/s1. The second kappa shape index (κ2) is 36.5. The largest absolute Gasteiger partial charge is 0.397 e. The third-order valence-electron chi connectivity index (χ3n) is 25.1. The molecule has 10 atom stereocenters. The minimum atomic E-state index is -5.20. The number of ether oxygens (including phenoxy) is 1. The molecule has 3 N–H and O–H groups in total. The lowest BCUT2D eigenvalue weighted by molar-refractivity contribution is -0.219. The predicted molar refractivity (Wildman–Crippen MR) is 377 cm³/mol. The second-order valence-corrected chi connectivity index (χ2v) is 32.9. The maximum Gasteiger partial charge on any atom is 0.397 e. The molecular weight excluding hydrogens is 1430 g/mol. The van der Waals surface area contributed by atoms with Crippen LogP contribution < -0.4 is 16.0 Å². The van der Waals surface area contributed by atoms with Gasteiger partial charge in [0, 0.05) is 68.5 Å². The van der Waals surface area contributed by atoms with E-state index in [1.165, 1.54) is 71.7 Å². The van der Waals surface area contributed by atoms with Crippen molar-refractivity contribution in [3.8, 4) is 0 Å². The molecule has 4 aliphatic heterocycles. The zero-order valence-corrected chi connectivity index (χ0v) is 63.9. The average Bonchev–Trinajstić information content (AvgIpc) is 1.53. The van der Waals surface area contributed by atoms with Gasteiger partial charge in [-0.2, -0.15) is 26.3 Å². The molecular formula is C75H114F8N12O13. The molecule has 2 unspecified atom stereocenters. The van der Waals surface area contributed by atoms with Crippen molar-refractivity contribution in [2.75, 3.05) is 94.8 Å². The third-order valence-corrected chi connectivity index (χ3v) is 25.1. The highest BCUT2D eigenvalue weighted by Crippen LogP contribution is 2.46. The fraction of sp³-hybridized carbons (Fsp3) is 0.840. The SMILES string of the molecule is CC(C)C[C@H]1C(=O)N[C@@H](C2CCC2)C(=O)N(C)CC(=O)N(C)[C@H]2CCCCN(C2=O)[C@@H](CC2CCC(C(F)(F)F)CC2)C(=O)N(C)CC(=O)N[C@@H](CCC2CC(F)C(C(F)(F)F)C(F)C2)C(=O)N2CCC[C@H]2C(=O)NC2(CCCC2)C(=O)N(C)[C@@H](C2CCCC2)C(=O)N(C)[C@H](C(=O)N2CCOCC2)CC(=O)N1C. The van der Waals surface area contributed by atoms with Gasteiger partial charge in [-0.25, -0.2) is 8.78 Å². The van der Waals surface area contributed by atoms with Crippen molar-refractivity contribution in [3.05, 3.63) is 0 Å². The Bertz CT molecular complexity index is 3220. The van der Waals surface area contributed by atoms with E-state index in [2.05, 4.69) is 16.0 Å². The summed E-state index contributed by atoms with van der Waals surface area (Å²) in [5, 5.41) is 8.57. The van der Waals surface area contributed by atoms with Crippen LogP contribution in [0.25, 0.3) is 0 Å². The van der Waals surface area contributed by atoms with E-state index in [4.69, 9.17) is 4.74 Å². The van der Waals surface area contributed by atoms with Crippen molar-refractivity contribution in [1.82, 2.24) is 60.0 Å². The number of hydrogen-bond acceptors (Lipinski definition) is 13. The number of fused-ring (bicyclic) bond motifs is 3. The van der Waals surface area contributed by atoms with Gasteiger partial charge in [0.05, 0.1) is 38.6 Å². The van der Waals surface area contributed by atoms with Crippen LogP contribution in [-0.2, 0) is 62.3 Å². The van der Waals surface area contributed by atoms with Crippen LogP contribution in [0.4, 0.5) is 35.1 Å². The van der Waals surface area contributed by atoms with Crippen LogP contribution in [0.5, 0.6) is 0 Å². The molecule has 2 bridgehead atoms. The number of carbonyl (C=O) groups is 12. The third kappa shape index (κ3) is 20.0. The van der Waals surface area contributed by atoms with Gasteiger partial charge in [0.1, 0.15) is 72.1 Å². The highest BCUT2D eigenvalue weighted by Gasteiger charge is 2.56. The summed E-state index contributed by atoms with van der Waals surface area (Å²) in [5.41, 5.74) is -1.67. The molecule has 12 amide bonds. The van der Waals surface area contributed by atoms with E-state index in [0.717, 1.165) is 21.1 Å². The first kappa shape index (κ1) is 85.0. The topological polar surface area (TPSA) is 279 Å². The lowest BCUT2D eigenvalue weighted by atomic mass is 9.76. The Morgan fingerprint density at radius 1 is 0.537 bits per heavy atom. The summed E-state index contributed by atoms with van der Waals surface area (Å²) in [6.07, 6.45) is -12.2. The number of alkyl halides is 8. The Morgan fingerprint density at radius 3 is 1.72 bits per heavy atom. The lowest BCUT2D eigenvalue weighted by Gasteiger charge is -2.42. The van der Waals surface area contributed by atoms with Gasteiger partial charge in [-0.3, -0.25) is 57.5 Å². The Kier molecular flexibility index (Phi) is 28.7. The first-order chi connectivity index (χ1) is 50.9. The maximum absolute atomic E-state index is 15.7. The van der Waals surface area contributed by atoms with Gasteiger partial charge in [0.15, 0.2) is 0 Å². The number of nitrogens with zero attached hydrogens (tertiary/aromatic N) is 9. The molecule has 4 heterocycles. The molecule has 0 aromatic heterocycles. The Balaban J connectivity index is 1.09. The van der Waals surface area contributed by atoms with Gasteiger partial charge in [0.2, 0.25) is 70.9 Å². The number of halogens is 8. The zero-order valence-electron chi connectivity index (χ0n) is 63.9. The fourth-order valence-corrected chi connectivity index (χ4v) is 18.4. The minimum Gasteiger partial charge on any atom is -0.378 e. The Morgan fingerprint density at radius 2 is 1.13 bits per heavy atom. The summed E-state index contributed by atoms with van der Waals surface area (Å²) < 4.78 is 120. The van der Waals surface area contributed by atoms with Gasteiger partial charge >= 0.3 is 12.4 Å². The van der Waals surface area contributed by atoms with Crippen LogP contribution >= 0.6 is 0 Å². The summed E-state index contributed by atoms with van der Waals surface area (Å²) in [4.78, 5) is 193. The molecule has 9 fully saturated rings. The van der Waals surface area contributed by atoms with Gasteiger partial charge in [-0.1, -0.05) is 46.0 Å². The van der Waals surface area contributed by atoms with Gasteiger partial charge in [-0.05, 0) is 164 Å². The van der Waals surface area contributed by atoms with Crippen LogP contribution in [-0.4, -0.2) is 288 Å². The number of nitrogens with one attached hydrogen (secondary N) is 3. The van der Waals surface area contributed by atoms with E-state index in [1.54, 1.807) is 0 Å². The number of carbonyl (C=O) groups excluding carboxylic acids is 12. The highest BCUT2D eigenvalue weighted by molar-refractivity contribution is 6.01. The van der Waals surface area contributed by atoms with Crippen LogP contribution in [0, 0.1) is 41.4 Å². The van der Waals surface area contributed by atoms with Crippen LogP contribution in [0.3, 0.4) is 0 Å². The van der Waals surface area contributed by atoms with Crippen molar-refractivity contribution < 1.29 is 97.4 Å². The molecule has 108 heavy (non-hydrogen) atoms. The van der Waals surface area contributed by atoms with E-state index in [1.807, 2.05) is 13.8 Å². The summed E-state index contributed by atoms with van der Waals surface area (Å²) in [5.74, 6) is -16.1. The molecule has 4 saturated heterocycles. The zero-order chi connectivity index (χ0) is 79.0. The van der Waals surface area contributed by atoms with Crippen molar-refractivity contribution >= 4 is 70.9 Å². The number of amides is 12. The van der Waals surface area contributed by atoms with Gasteiger partial charge in [-0.15, -0.1) is 0 Å². The molecule has 9 aliphatic rings. The molecule has 9 rings (SSSR count). The monoisotopic (exact) mass is 1540 g/mol. The number of rotatable bonds is 10. The maximum atomic E-state index is 15.7. The van der Waals surface area contributed by atoms with E-state index in [0.29, 0.717) is 64.2 Å². The van der Waals surface area contributed by atoms with Crippen molar-refractivity contribution in [3.63, 3.8) is 0 Å². The van der Waals surface area contributed by atoms with E-state index in [9.17, 15) is 45.5 Å². The first-order valence-electron chi connectivity index (χ1n) is 39.3. The molecule has 0 aromatic carbocycles. The van der Waals surface area contributed by atoms with E-state index >= 15 is 47.1 Å². The van der Waals surface area contributed by atoms with E-state index in [-0.39, 0.29) is 122 Å². The molecule has 25 nitrogen and oxygen atoms in total. The Hall–Kier alpha value is -6.96. The molecule has 0 aromatic rings. The molecule has 608 valence electrons. The Labute approximate surface area is 628 Å². The predicted octanol–water partition coefficient (Wildman–Crippen LogP) is 6.08. The smallest absolute Gasteiger partial charge is 0.378 e. The number of hydrogen-bond donors (Lipinski definition) is 3. The number of likely N-dealkylation sites (N-methyl/N-ethyl adjacent to an activating group) is 6. The molecule has 33 heteroatoms. The number of morpholine rings is 1. The van der Waals surface area contributed by atoms with Gasteiger partial charge in [0.25, 0.3) is 0 Å². The quantitative estimate of drug-likeness (QED) is 0.209. The second-order valence-electron chi connectivity index (χ2n) is 32.9. The average molecular weight is 1540 g/mol. The lowest BCUT2D eigenvalue weighted by Crippen LogP contribution is -2.65. The summed E-state index contributed by atoms with van der Waals surface area (Å²) in [6, 6.07) is -10.8. The van der Waals surface area contributed by atoms with Crippen molar-refractivity contribution in [1.29, 1.82) is 0 Å². The normalized spacial score (nSPS) is 32.5. The van der Waals surface area contributed by atoms with Crippen LogP contribution in [0.2, 0.25) is 0 Å². The van der Waals surface area contributed by atoms with Crippen LogP contribution in [0.15, 0.2) is 0 Å². The fourth-order valence-electron chi connectivity index (χ4n) is 18.4. The van der Waals surface area contributed by atoms with Crippen molar-refractivity contribution in [2.24, 2.45) is 41.4 Å². The molecule has 5 aliphatic carbocycles. The summed E-state index contributed by atoms with van der Waals surface area (Å²) in [7, 11) is 8.21. The molecule has 5 saturated carbocycles.